The van der Waals surface area contributed by atoms with Crippen LogP contribution < -0.4 is 14.8 Å². The first-order valence-corrected chi connectivity index (χ1v) is 9.92. The van der Waals surface area contributed by atoms with E-state index in [1.165, 1.54) is 11.3 Å². The van der Waals surface area contributed by atoms with Crippen LogP contribution >= 0.6 is 43.2 Å². The van der Waals surface area contributed by atoms with Crippen LogP contribution in [0.3, 0.4) is 0 Å². The molecule has 0 aliphatic carbocycles. The molecule has 0 aliphatic heterocycles. The van der Waals surface area contributed by atoms with Crippen molar-refractivity contribution >= 4 is 54.2 Å². The van der Waals surface area contributed by atoms with Gasteiger partial charge in [0.1, 0.15) is 11.5 Å². The van der Waals surface area contributed by atoms with Crippen LogP contribution in [0.25, 0.3) is 11.3 Å². The van der Waals surface area contributed by atoms with Gasteiger partial charge in [0.05, 0.1) is 28.9 Å². The van der Waals surface area contributed by atoms with Crippen molar-refractivity contribution in [3.05, 3.63) is 56.3 Å². The summed E-state index contributed by atoms with van der Waals surface area (Å²) in [4.78, 5) is 16.9. The molecule has 0 radical (unpaired) electrons. The largest absolute Gasteiger partial charge is 0.496 e. The second-order valence-electron chi connectivity index (χ2n) is 5.19. The Morgan fingerprint density at radius 1 is 1.04 bits per heavy atom. The summed E-state index contributed by atoms with van der Waals surface area (Å²) in [7, 11) is 3.20. The lowest BCUT2D eigenvalue weighted by atomic mass is 10.2. The number of rotatable bonds is 5. The van der Waals surface area contributed by atoms with Crippen LogP contribution in [0, 0.1) is 0 Å². The first-order chi connectivity index (χ1) is 12.5. The van der Waals surface area contributed by atoms with Crippen LogP contribution in [-0.4, -0.2) is 25.1 Å². The molecule has 134 valence electrons. The molecule has 0 aliphatic rings. The van der Waals surface area contributed by atoms with E-state index in [2.05, 4.69) is 42.2 Å². The van der Waals surface area contributed by atoms with E-state index in [0.29, 0.717) is 16.4 Å². The number of thiazole rings is 1. The molecule has 0 fully saturated rings. The normalized spacial score (nSPS) is 10.5. The summed E-state index contributed by atoms with van der Waals surface area (Å²) in [6, 6.07) is 10.9. The molecule has 1 amide bonds. The number of amides is 1. The van der Waals surface area contributed by atoms with Gasteiger partial charge in [-0.3, -0.25) is 10.1 Å². The monoisotopic (exact) mass is 496 g/mol. The first kappa shape index (κ1) is 18.9. The highest BCUT2D eigenvalue weighted by molar-refractivity contribution is 9.10. The quantitative estimate of drug-likeness (QED) is 0.498. The third-order valence-electron chi connectivity index (χ3n) is 3.59. The van der Waals surface area contributed by atoms with E-state index in [1.807, 2.05) is 23.6 Å². The minimum Gasteiger partial charge on any atom is -0.496 e. The van der Waals surface area contributed by atoms with E-state index in [4.69, 9.17) is 9.47 Å². The van der Waals surface area contributed by atoms with Crippen LogP contribution in [0.15, 0.2) is 50.7 Å². The summed E-state index contributed by atoms with van der Waals surface area (Å²) in [5.41, 5.74) is 2.23. The van der Waals surface area contributed by atoms with Crippen LogP contribution in [-0.2, 0) is 0 Å². The van der Waals surface area contributed by atoms with Gasteiger partial charge in [0.15, 0.2) is 5.13 Å². The number of aromatic nitrogens is 1. The Bertz CT molecular complexity index is 959. The number of nitrogens with one attached hydrogen (secondary N) is 1. The van der Waals surface area contributed by atoms with Gasteiger partial charge in [0, 0.05) is 16.5 Å². The van der Waals surface area contributed by atoms with Gasteiger partial charge in [-0.2, -0.15) is 0 Å². The fraction of sp³-hybridized carbons (Fsp3) is 0.111. The molecular formula is C18H14Br2N2O3S. The predicted molar refractivity (Wildman–Crippen MR) is 110 cm³/mol. The molecule has 0 atom stereocenters. The molecule has 1 N–H and O–H groups in total. The Morgan fingerprint density at radius 3 is 2.31 bits per heavy atom. The van der Waals surface area contributed by atoms with Crippen LogP contribution in [0.1, 0.15) is 10.4 Å². The molecule has 1 heterocycles. The summed E-state index contributed by atoms with van der Waals surface area (Å²) in [6.45, 7) is 0. The zero-order valence-electron chi connectivity index (χ0n) is 13.9. The van der Waals surface area contributed by atoms with Crippen LogP contribution in [0.2, 0.25) is 0 Å². The van der Waals surface area contributed by atoms with Gasteiger partial charge >= 0.3 is 0 Å². The maximum atomic E-state index is 12.4. The number of benzene rings is 2. The maximum absolute atomic E-state index is 12.4. The number of carbonyl (C=O) groups is 1. The fourth-order valence-electron chi connectivity index (χ4n) is 2.27. The minimum absolute atomic E-state index is 0.231. The molecule has 26 heavy (non-hydrogen) atoms. The zero-order valence-corrected chi connectivity index (χ0v) is 17.9. The van der Waals surface area contributed by atoms with Crippen molar-refractivity contribution < 1.29 is 14.3 Å². The van der Waals surface area contributed by atoms with Crippen molar-refractivity contribution in [3.63, 3.8) is 0 Å². The molecule has 0 spiro atoms. The van der Waals surface area contributed by atoms with Gasteiger partial charge in [-0.15, -0.1) is 11.3 Å². The number of methoxy groups -OCH3 is 2. The molecule has 1 aromatic heterocycles. The van der Waals surface area contributed by atoms with Crippen molar-refractivity contribution in [2.24, 2.45) is 0 Å². The van der Waals surface area contributed by atoms with Crippen molar-refractivity contribution in [2.75, 3.05) is 19.5 Å². The van der Waals surface area contributed by atoms with E-state index in [9.17, 15) is 4.79 Å². The topological polar surface area (TPSA) is 60.5 Å². The van der Waals surface area contributed by atoms with E-state index < -0.39 is 0 Å². The Balaban J connectivity index is 1.77. The molecule has 3 aromatic rings. The average Bonchev–Trinajstić information content (AvgIpc) is 3.10. The second-order valence-corrected chi connectivity index (χ2v) is 7.76. The van der Waals surface area contributed by atoms with Crippen LogP contribution in [0.5, 0.6) is 11.5 Å². The fourth-order valence-corrected chi connectivity index (χ4v) is 4.06. The minimum atomic E-state index is -0.231. The van der Waals surface area contributed by atoms with E-state index in [1.54, 1.807) is 32.4 Å². The van der Waals surface area contributed by atoms with Gasteiger partial charge in [-0.1, -0.05) is 0 Å². The standard InChI is InChI=1S/C18H14Br2N2O3S/c1-24-15-5-3-10(7-12(15)19)14-9-26-18(21-14)22-17(23)11-4-6-16(25-2)13(20)8-11/h3-9H,1-2H3,(H,21,22,23). The molecule has 0 unspecified atom stereocenters. The summed E-state index contributed by atoms with van der Waals surface area (Å²) >= 11 is 8.22. The van der Waals surface area contributed by atoms with E-state index in [0.717, 1.165) is 26.0 Å². The smallest absolute Gasteiger partial charge is 0.257 e. The average molecular weight is 498 g/mol. The molecule has 3 rings (SSSR count). The molecule has 5 nitrogen and oxygen atoms in total. The Kier molecular flexibility index (Phi) is 5.95. The molecule has 0 saturated heterocycles. The third-order valence-corrected chi connectivity index (χ3v) is 5.58. The van der Waals surface area contributed by atoms with Gasteiger partial charge in [-0.25, -0.2) is 4.98 Å². The maximum Gasteiger partial charge on any atom is 0.257 e. The van der Waals surface area contributed by atoms with Gasteiger partial charge in [-0.05, 0) is 68.3 Å². The van der Waals surface area contributed by atoms with Crippen molar-refractivity contribution in [3.8, 4) is 22.8 Å². The van der Waals surface area contributed by atoms with Crippen molar-refractivity contribution in [1.82, 2.24) is 4.98 Å². The van der Waals surface area contributed by atoms with Gasteiger partial charge in [0.2, 0.25) is 0 Å². The van der Waals surface area contributed by atoms with E-state index in [-0.39, 0.29) is 5.91 Å². The Hall–Kier alpha value is -1.90. The molecule has 8 heteroatoms. The lowest BCUT2D eigenvalue weighted by Crippen LogP contribution is -2.11. The Morgan fingerprint density at radius 2 is 1.69 bits per heavy atom. The summed E-state index contributed by atoms with van der Waals surface area (Å²) in [5, 5.41) is 5.25. The molecule has 2 aromatic carbocycles. The third kappa shape index (κ3) is 4.08. The first-order valence-electron chi connectivity index (χ1n) is 7.46. The highest BCUT2D eigenvalue weighted by atomic mass is 79.9. The predicted octanol–water partition coefficient (Wildman–Crippen LogP) is 5.60. The lowest BCUT2D eigenvalue weighted by Gasteiger charge is -2.06. The van der Waals surface area contributed by atoms with Crippen molar-refractivity contribution in [1.29, 1.82) is 0 Å². The SMILES string of the molecule is COc1ccc(C(=O)Nc2nc(-c3ccc(OC)c(Br)c3)cs2)cc1Br. The van der Waals surface area contributed by atoms with E-state index >= 15 is 0 Å². The summed E-state index contributed by atoms with van der Waals surface area (Å²) in [6.07, 6.45) is 0. The number of hydrogen-bond acceptors (Lipinski definition) is 5. The highest BCUT2D eigenvalue weighted by Crippen LogP contribution is 2.32. The van der Waals surface area contributed by atoms with Gasteiger partial charge in [0.25, 0.3) is 5.91 Å². The number of carbonyl (C=O) groups excluding carboxylic acids is 1. The second kappa shape index (κ2) is 8.20. The van der Waals surface area contributed by atoms with Crippen molar-refractivity contribution in [2.45, 2.75) is 0 Å². The molecular weight excluding hydrogens is 484 g/mol. The number of halogens is 2. The summed E-state index contributed by atoms with van der Waals surface area (Å²) in [5.74, 6) is 1.19. The molecule has 0 bridgehead atoms. The van der Waals surface area contributed by atoms with Crippen LogP contribution in [0.4, 0.5) is 5.13 Å². The number of hydrogen-bond donors (Lipinski definition) is 1. The summed E-state index contributed by atoms with van der Waals surface area (Å²) < 4.78 is 12.0. The lowest BCUT2D eigenvalue weighted by molar-refractivity contribution is 0.102. The number of anilines is 1. The highest BCUT2D eigenvalue weighted by Gasteiger charge is 2.13. The van der Waals surface area contributed by atoms with Gasteiger partial charge < -0.3 is 9.47 Å². The number of nitrogens with zero attached hydrogens (tertiary/aromatic N) is 1. The zero-order chi connectivity index (χ0) is 18.7. The Labute approximate surface area is 171 Å². The molecule has 0 saturated carbocycles. The number of ether oxygens (including phenoxy) is 2.